The summed E-state index contributed by atoms with van der Waals surface area (Å²) in [5.74, 6) is 0. The van der Waals surface area contributed by atoms with Gasteiger partial charge in [-0.05, 0) is 12.1 Å². The molecule has 1 aromatic rings. The van der Waals surface area contributed by atoms with Crippen LogP contribution in [0.25, 0.3) is 0 Å². The standard InChI is InChI=1S/C9H9N3O2/c13-12(14)7-5-10-8-3-1-2-4-9(8)11-6-7/h1-7,12-13H. The number of aliphatic imine (C=N–C) groups is 2. The van der Waals surface area contributed by atoms with E-state index in [2.05, 4.69) is 9.98 Å². The highest BCUT2D eigenvalue weighted by atomic mass is 16.8. The molecule has 14 heavy (non-hydrogen) atoms. The Hall–Kier alpha value is -1.56. The molecule has 0 amide bonds. The number of fused-ring (bicyclic) bond motifs is 1. The lowest BCUT2D eigenvalue weighted by atomic mass is 10.3. The Labute approximate surface area is 80.6 Å². The summed E-state index contributed by atoms with van der Waals surface area (Å²) in [6, 6.07) is 6.54. The minimum absolute atomic E-state index is 0.701. The molecule has 0 aliphatic carbocycles. The van der Waals surface area contributed by atoms with E-state index in [1.165, 1.54) is 12.4 Å². The fourth-order valence-electron chi connectivity index (χ4n) is 1.17. The second-order valence-corrected chi connectivity index (χ2v) is 2.91. The van der Waals surface area contributed by atoms with Gasteiger partial charge in [0, 0.05) is 0 Å². The Morgan fingerprint density at radius 3 is 2.07 bits per heavy atom. The van der Waals surface area contributed by atoms with Gasteiger partial charge in [0.1, 0.15) is 0 Å². The van der Waals surface area contributed by atoms with E-state index in [-0.39, 0.29) is 0 Å². The summed E-state index contributed by atoms with van der Waals surface area (Å²) < 4.78 is 0. The molecule has 5 heteroatoms. The van der Waals surface area contributed by atoms with Crippen LogP contribution < -0.4 is 5.23 Å². The number of para-hydroxylation sites is 2. The Kier molecular flexibility index (Phi) is 2.36. The van der Waals surface area contributed by atoms with Crippen LogP contribution in [0.1, 0.15) is 0 Å². The molecule has 1 heterocycles. The molecule has 2 N–H and O–H groups in total. The van der Waals surface area contributed by atoms with Crippen molar-refractivity contribution in [3.63, 3.8) is 0 Å². The fraction of sp³-hybridized carbons (Fsp3) is 0.111. The molecule has 72 valence electrons. The monoisotopic (exact) mass is 191 g/mol. The first-order valence-corrected chi connectivity index (χ1v) is 4.17. The van der Waals surface area contributed by atoms with Crippen molar-refractivity contribution in [3.8, 4) is 0 Å². The Balaban J connectivity index is 2.37. The molecule has 2 rings (SSSR count). The van der Waals surface area contributed by atoms with Crippen LogP contribution in [0, 0.1) is 5.21 Å². The van der Waals surface area contributed by atoms with E-state index < -0.39 is 11.3 Å². The van der Waals surface area contributed by atoms with Crippen molar-refractivity contribution in [1.29, 1.82) is 0 Å². The number of rotatable bonds is 1. The zero-order valence-electron chi connectivity index (χ0n) is 7.29. The number of quaternary nitrogens is 1. The van der Waals surface area contributed by atoms with Gasteiger partial charge in [0.25, 0.3) is 0 Å². The molecule has 5 nitrogen and oxygen atoms in total. The first kappa shape index (κ1) is 9.01. The number of hydrogen-bond acceptors (Lipinski definition) is 4. The molecule has 0 radical (unpaired) electrons. The number of hydrogen-bond donors (Lipinski definition) is 2. The Morgan fingerprint density at radius 2 is 1.64 bits per heavy atom. The quantitative estimate of drug-likeness (QED) is 0.624. The molecule has 0 saturated carbocycles. The van der Waals surface area contributed by atoms with Gasteiger partial charge >= 0.3 is 0 Å². The summed E-state index contributed by atoms with van der Waals surface area (Å²) in [5, 5.41) is 18.5. The van der Waals surface area contributed by atoms with Crippen LogP contribution in [0.2, 0.25) is 0 Å². The molecule has 1 aliphatic rings. The largest absolute Gasteiger partial charge is 0.599 e. The lowest BCUT2D eigenvalue weighted by Gasteiger charge is -2.15. The van der Waals surface area contributed by atoms with Gasteiger partial charge in [-0.1, -0.05) is 12.1 Å². The molecule has 0 saturated heterocycles. The normalized spacial score (nSPS) is 17.6. The lowest BCUT2D eigenvalue weighted by Crippen LogP contribution is -3.09. The van der Waals surface area contributed by atoms with Gasteiger partial charge < -0.3 is 5.21 Å². The van der Waals surface area contributed by atoms with Gasteiger partial charge in [-0.3, -0.25) is 9.98 Å². The highest BCUT2D eigenvalue weighted by Gasteiger charge is 2.12. The Morgan fingerprint density at radius 1 is 1.14 bits per heavy atom. The molecular weight excluding hydrogens is 182 g/mol. The van der Waals surface area contributed by atoms with Crippen LogP contribution >= 0.6 is 0 Å². The zero-order chi connectivity index (χ0) is 9.97. The predicted molar refractivity (Wildman–Crippen MR) is 52.7 cm³/mol. The first-order valence-electron chi connectivity index (χ1n) is 4.17. The molecule has 1 aliphatic heterocycles. The second kappa shape index (κ2) is 3.67. The minimum Gasteiger partial charge on any atom is -0.599 e. The smallest absolute Gasteiger partial charge is 0.188 e. The molecule has 1 atom stereocenters. The van der Waals surface area contributed by atoms with Gasteiger partial charge in [-0.2, -0.15) is 0 Å². The molecule has 0 spiro atoms. The number of hydroxylamine groups is 2. The van der Waals surface area contributed by atoms with Gasteiger partial charge in [0.2, 0.25) is 0 Å². The highest BCUT2D eigenvalue weighted by Crippen LogP contribution is 2.27. The van der Waals surface area contributed by atoms with Crippen LogP contribution in [0.5, 0.6) is 0 Å². The average molecular weight is 191 g/mol. The van der Waals surface area contributed by atoms with E-state index >= 15 is 0 Å². The molecule has 1 aromatic carbocycles. The zero-order valence-corrected chi connectivity index (χ0v) is 7.29. The van der Waals surface area contributed by atoms with Gasteiger partial charge in [-0.15, -0.1) is 0 Å². The van der Waals surface area contributed by atoms with Crippen molar-refractivity contribution < 1.29 is 10.4 Å². The SMILES string of the molecule is [O-][NH+](O)C1C=Nc2ccccc2N=C1. The van der Waals surface area contributed by atoms with Crippen LogP contribution in [0.4, 0.5) is 11.4 Å². The third-order valence-corrected chi connectivity index (χ3v) is 1.92. The molecule has 0 aromatic heterocycles. The van der Waals surface area contributed by atoms with Crippen molar-refractivity contribution in [3.05, 3.63) is 29.5 Å². The first-order chi connectivity index (χ1) is 6.77. The van der Waals surface area contributed by atoms with Crippen LogP contribution in [-0.4, -0.2) is 23.7 Å². The molecule has 1 unspecified atom stereocenters. The summed E-state index contributed by atoms with van der Waals surface area (Å²) in [7, 11) is 0. The third kappa shape index (κ3) is 1.69. The summed E-state index contributed by atoms with van der Waals surface area (Å²) in [5.41, 5.74) is 1.40. The predicted octanol–water partition coefficient (Wildman–Crippen LogP) is 0.245. The Bertz CT molecular complexity index is 354. The lowest BCUT2D eigenvalue weighted by molar-refractivity contribution is -1.05. The summed E-state index contributed by atoms with van der Waals surface area (Å²) >= 11 is 0. The van der Waals surface area contributed by atoms with Crippen molar-refractivity contribution >= 4 is 23.8 Å². The maximum absolute atomic E-state index is 10.7. The van der Waals surface area contributed by atoms with Gasteiger partial charge in [0.05, 0.1) is 23.8 Å². The molecular formula is C9H9N3O2. The summed E-state index contributed by atoms with van der Waals surface area (Å²) in [6.45, 7) is 0. The second-order valence-electron chi connectivity index (χ2n) is 2.91. The summed E-state index contributed by atoms with van der Waals surface area (Å²) in [6.07, 6.45) is 2.77. The van der Waals surface area contributed by atoms with Crippen molar-refractivity contribution in [1.82, 2.24) is 0 Å². The van der Waals surface area contributed by atoms with E-state index in [0.717, 1.165) is 0 Å². The van der Waals surface area contributed by atoms with Crippen molar-refractivity contribution in [2.24, 2.45) is 9.98 Å². The topological polar surface area (TPSA) is 72.5 Å². The van der Waals surface area contributed by atoms with E-state index in [9.17, 15) is 5.21 Å². The van der Waals surface area contributed by atoms with Crippen LogP contribution in [-0.2, 0) is 0 Å². The maximum atomic E-state index is 10.7. The maximum Gasteiger partial charge on any atom is 0.188 e. The van der Waals surface area contributed by atoms with Crippen LogP contribution in [0.15, 0.2) is 34.3 Å². The molecule has 0 fully saturated rings. The third-order valence-electron chi connectivity index (χ3n) is 1.92. The van der Waals surface area contributed by atoms with Crippen molar-refractivity contribution in [2.75, 3.05) is 0 Å². The fourth-order valence-corrected chi connectivity index (χ4v) is 1.17. The van der Waals surface area contributed by atoms with E-state index in [0.29, 0.717) is 11.4 Å². The summed E-state index contributed by atoms with van der Waals surface area (Å²) in [4.78, 5) is 8.12. The number of nitrogens with zero attached hydrogens (tertiary/aromatic N) is 2. The van der Waals surface area contributed by atoms with E-state index in [4.69, 9.17) is 5.21 Å². The van der Waals surface area contributed by atoms with Gasteiger partial charge in [-0.25, -0.2) is 10.4 Å². The van der Waals surface area contributed by atoms with Crippen LogP contribution in [0.3, 0.4) is 0 Å². The van der Waals surface area contributed by atoms with E-state index in [1.54, 1.807) is 12.1 Å². The molecule has 0 bridgehead atoms. The van der Waals surface area contributed by atoms with Crippen molar-refractivity contribution in [2.45, 2.75) is 6.04 Å². The minimum atomic E-state index is -0.940. The number of benzene rings is 1. The van der Waals surface area contributed by atoms with Gasteiger partial charge in [0.15, 0.2) is 6.04 Å². The highest BCUT2D eigenvalue weighted by molar-refractivity contribution is 5.92. The average Bonchev–Trinajstić information content (AvgIpc) is 2.39. The van der Waals surface area contributed by atoms with E-state index in [1.807, 2.05) is 12.1 Å². The number of nitrogens with one attached hydrogen (secondary N) is 1.